The molecule has 0 aliphatic heterocycles. The third-order valence-electron chi connectivity index (χ3n) is 2.63. The fourth-order valence-electron chi connectivity index (χ4n) is 1.66. The number of carbonyl (C=O) groups is 1. The molecule has 1 unspecified atom stereocenters. The number of hydrogen-bond acceptors (Lipinski definition) is 3. The molecule has 94 valence electrons. The van der Waals surface area contributed by atoms with Crippen LogP contribution in [0.2, 0.25) is 0 Å². The lowest BCUT2D eigenvalue weighted by Crippen LogP contribution is -2.24. The predicted molar refractivity (Wildman–Crippen MR) is 72.7 cm³/mol. The number of rotatable bonds is 5. The van der Waals surface area contributed by atoms with E-state index < -0.39 is 6.10 Å². The second-order valence-electron chi connectivity index (χ2n) is 3.95. The van der Waals surface area contributed by atoms with Crippen molar-refractivity contribution in [2.45, 2.75) is 12.5 Å². The van der Waals surface area contributed by atoms with Gasteiger partial charge in [0, 0.05) is 6.54 Å². The molecule has 2 rings (SSSR count). The van der Waals surface area contributed by atoms with Crippen LogP contribution in [0.4, 0.5) is 0 Å². The summed E-state index contributed by atoms with van der Waals surface area (Å²) < 4.78 is 0. The number of carbonyl (C=O) groups excluding carboxylic acids is 1. The summed E-state index contributed by atoms with van der Waals surface area (Å²) in [4.78, 5) is 12.3. The quantitative estimate of drug-likeness (QED) is 0.869. The van der Waals surface area contributed by atoms with E-state index in [1.165, 1.54) is 11.3 Å². The number of amides is 1. The van der Waals surface area contributed by atoms with Crippen LogP contribution in [0.25, 0.3) is 0 Å². The Kier molecular flexibility index (Phi) is 4.50. The van der Waals surface area contributed by atoms with Crippen LogP contribution in [-0.2, 0) is 0 Å². The summed E-state index contributed by atoms with van der Waals surface area (Å²) in [5, 5.41) is 14.6. The van der Waals surface area contributed by atoms with Gasteiger partial charge in [0.25, 0.3) is 5.91 Å². The van der Waals surface area contributed by atoms with E-state index in [0.717, 1.165) is 5.56 Å². The average Bonchev–Trinajstić information content (AvgIpc) is 2.93. The summed E-state index contributed by atoms with van der Waals surface area (Å²) >= 11 is 1.41. The smallest absolute Gasteiger partial charge is 0.261 e. The molecule has 18 heavy (non-hydrogen) atoms. The van der Waals surface area contributed by atoms with Crippen molar-refractivity contribution in [3.8, 4) is 0 Å². The summed E-state index contributed by atoms with van der Waals surface area (Å²) in [5.74, 6) is -0.0785. The first-order valence-electron chi connectivity index (χ1n) is 5.82. The Morgan fingerprint density at radius 2 is 2.00 bits per heavy atom. The summed E-state index contributed by atoms with van der Waals surface area (Å²) in [6, 6.07) is 13.1. The van der Waals surface area contributed by atoms with Crippen LogP contribution in [-0.4, -0.2) is 17.6 Å². The third-order valence-corrected chi connectivity index (χ3v) is 3.50. The summed E-state index contributed by atoms with van der Waals surface area (Å²) in [6.45, 7) is 0.465. The van der Waals surface area contributed by atoms with Crippen molar-refractivity contribution in [1.82, 2.24) is 5.32 Å². The van der Waals surface area contributed by atoms with Gasteiger partial charge >= 0.3 is 0 Å². The monoisotopic (exact) mass is 261 g/mol. The van der Waals surface area contributed by atoms with Gasteiger partial charge in [0.15, 0.2) is 0 Å². The lowest BCUT2D eigenvalue weighted by atomic mass is 10.1. The fourth-order valence-corrected chi connectivity index (χ4v) is 2.30. The zero-order chi connectivity index (χ0) is 12.8. The third kappa shape index (κ3) is 3.42. The van der Waals surface area contributed by atoms with Crippen LogP contribution < -0.4 is 5.32 Å². The molecule has 1 aromatic carbocycles. The van der Waals surface area contributed by atoms with Gasteiger partial charge in [-0.05, 0) is 23.4 Å². The first kappa shape index (κ1) is 12.8. The molecule has 0 fully saturated rings. The first-order valence-corrected chi connectivity index (χ1v) is 6.70. The average molecular weight is 261 g/mol. The molecule has 1 heterocycles. The minimum Gasteiger partial charge on any atom is -0.388 e. The SMILES string of the molecule is O=C(NCCC(O)c1ccccc1)c1cccs1. The maximum absolute atomic E-state index is 11.6. The van der Waals surface area contributed by atoms with Gasteiger partial charge < -0.3 is 10.4 Å². The van der Waals surface area contributed by atoms with Crippen molar-refractivity contribution in [3.63, 3.8) is 0 Å². The number of nitrogens with one attached hydrogen (secondary N) is 1. The Bertz CT molecular complexity index is 482. The van der Waals surface area contributed by atoms with Crippen molar-refractivity contribution >= 4 is 17.2 Å². The molecule has 0 aliphatic rings. The van der Waals surface area contributed by atoms with Gasteiger partial charge in [-0.2, -0.15) is 0 Å². The van der Waals surface area contributed by atoms with Crippen LogP contribution >= 0.6 is 11.3 Å². The molecule has 3 nitrogen and oxygen atoms in total. The lowest BCUT2D eigenvalue weighted by molar-refractivity contribution is 0.0946. The molecule has 0 radical (unpaired) electrons. The van der Waals surface area contributed by atoms with Gasteiger partial charge in [0.2, 0.25) is 0 Å². The lowest BCUT2D eigenvalue weighted by Gasteiger charge is -2.11. The molecule has 1 atom stereocenters. The van der Waals surface area contributed by atoms with Crippen molar-refractivity contribution in [2.75, 3.05) is 6.54 Å². The molecule has 1 aromatic heterocycles. The second-order valence-corrected chi connectivity index (χ2v) is 4.90. The van der Waals surface area contributed by atoms with E-state index in [9.17, 15) is 9.90 Å². The van der Waals surface area contributed by atoms with Crippen molar-refractivity contribution < 1.29 is 9.90 Å². The maximum Gasteiger partial charge on any atom is 0.261 e. The molecule has 0 saturated carbocycles. The molecule has 0 spiro atoms. The van der Waals surface area contributed by atoms with E-state index in [1.54, 1.807) is 6.07 Å². The molecular formula is C14H15NO2S. The Morgan fingerprint density at radius 1 is 1.22 bits per heavy atom. The summed E-state index contributed by atoms with van der Waals surface area (Å²) in [7, 11) is 0. The minimum absolute atomic E-state index is 0.0785. The zero-order valence-corrected chi connectivity index (χ0v) is 10.7. The van der Waals surface area contributed by atoms with Gasteiger partial charge in [-0.3, -0.25) is 4.79 Å². The predicted octanol–water partition coefficient (Wildman–Crippen LogP) is 2.60. The number of hydrogen-bond donors (Lipinski definition) is 2. The highest BCUT2D eigenvalue weighted by Gasteiger charge is 2.09. The van der Waals surface area contributed by atoms with E-state index in [2.05, 4.69) is 5.32 Å². The van der Waals surface area contributed by atoms with Gasteiger partial charge in [-0.15, -0.1) is 11.3 Å². The van der Waals surface area contributed by atoms with E-state index >= 15 is 0 Å². The maximum atomic E-state index is 11.6. The van der Waals surface area contributed by atoms with E-state index in [4.69, 9.17) is 0 Å². The molecule has 4 heteroatoms. The Balaban J connectivity index is 1.77. The van der Waals surface area contributed by atoms with Crippen molar-refractivity contribution in [1.29, 1.82) is 0 Å². The number of thiophene rings is 1. The summed E-state index contributed by atoms with van der Waals surface area (Å²) in [6.07, 6.45) is -0.0176. The molecule has 0 aliphatic carbocycles. The highest BCUT2D eigenvalue weighted by Crippen LogP contribution is 2.15. The van der Waals surface area contributed by atoms with Crippen molar-refractivity contribution in [2.24, 2.45) is 0 Å². The van der Waals surface area contributed by atoms with Crippen LogP contribution in [0.1, 0.15) is 27.8 Å². The van der Waals surface area contributed by atoms with E-state index in [0.29, 0.717) is 17.8 Å². The highest BCUT2D eigenvalue weighted by atomic mass is 32.1. The summed E-state index contributed by atoms with van der Waals surface area (Å²) in [5.41, 5.74) is 0.878. The molecule has 2 N–H and O–H groups in total. The first-order chi connectivity index (χ1) is 8.77. The zero-order valence-electron chi connectivity index (χ0n) is 9.87. The Labute approximate surface area is 110 Å². The standard InChI is InChI=1S/C14H15NO2S/c16-12(11-5-2-1-3-6-11)8-9-15-14(17)13-7-4-10-18-13/h1-7,10,12,16H,8-9H2,(H,15,17). The van der Waals surface area contributed by atoms with Gasteiger partial charge in [0.05, 0.1) is 11.0 Å². The van der Waals surface area contributed by atoms with Gasteiger partial charge in [-0.25, -0.2) is 0 Å². The topological polar surface area (TPSA) is 49.3 Å². The van der Waals surface area contributed by atoms with Crippen LogP contribution in [0, 0.1) is 0 Å². The normalized spacial score (nSPS) is 12.1. The van der Waals surface area contributed by atoms with Gasteiger partial charge in [-0.1, -0.05) is 36.4 Å². The Hall–Kier alpha value is -1.65. The Morgan fingerprint density at radius 3 is 2.67 bits per heavy atom. The van der Waals surface area contributed by atoms with Crippen LogP contribution in [0.3, 0.4) is 0 Å². The molecule has 0 bridgehead atoms. The second kappa shape index (κ2) is 6.33. The number of aliphatic hydroxyl groups is 1. The fraction of sp³-hybridized carbons (Fsp3) is 0.214. The number of benzene rings is 1. The highest BCUT2D eigenvalue weighted by molar-refractivity contribution is 7.12. The number of aliphatic hydroxyl groups excluding tert-OH is 1. The molecular weight excluding hydrogens is 246 g/mol. The van der Waals surface area contributed by atoms with E-state index in [1.807, 2.05) is 41.8 Å². The van der Waals surface area contributed by atoms with E-state index in [-0.39, 0.29) is 5.91 Å². The molecule has 0 saturated heterocycles. The van der Waals surface area contributed by atoms with Gasteiger partial charge in [0.1, 0.15) is 0 Å². The van der Waals surface area contributed by atoms with Crippen molar-refractivity contribution in [3.05, 3.63) is 58.3 Å². The van der Waals surface area contributed by atoms with Crippen LogP contribution in [0.15, 0.2) is 47.8 Å². The van der Waals surface area contributed by atoms with Crippen LogP contribution in [0.5, 0.6) is 0 Å². The molecule has 1 amide bonds. The minimum atomic E-state index is -0.533. The molecule has 2 aromatic rings. The largest absolute Gasteiger partial charge is 0.388 e.